The van der Waals surface area contributed by atoms with Crippen molar-refractivity contribution in [3.63, 3.8) is 0 Å². The highest BCUT2D eigenvalue weighted by Crippen LogP contribution is 2.20. The van der Waals surface area contributed by atoms with Crippen molar-refractivity contribution in [2.24, 2.45) is 11.8 Å². The third-order valence-electron chi connectivity index (χ3n) is 2.55. The van der Waals surface area contributed by atoms with E-state index in [0.29, 0.717) is 18.3 Å². The highest BCUT2D eigenvalue weighted by atomic mass is 32.2. The molecule has 0 spiro atoms. The van der Waals surface area contributed by atoms with Gasteiger partial charge in [-0.25, -0.2) is 0 Å². The van der Waals surface area contributed by atoms with Gasteiger partial charge in [0.15, 0.2) is 0 Å². The normalized spacial score (nSPS) is 16.9. The molecule has 0 saturated carbocycles. The minimum atomic E-state index is -3.77. The van der Waals surface area contributed by atoms with Gasteiger partial charge in [0.1, 0.15) is 0 Å². The van der Waals surface area contributed by atoms with E-state index in [-0.39, 0.29) is 5.75 Å². The molecular formula is C9H20O3S. The van der Waals surface area contributed by atoms with Crippen LogP contribution < -0.4 is 0 Å². The first-order chi connectivity index (χ1) is 5.87. The molecule has 2 atom stereocenters. The summed E-state index contributed by atoms with van der Waals surface area (Å²) in [4.78, 5) is 0. The standard InChI is InChI=1S/C9H20O3S/c1-4-5-8(2)9(3)6-7-13(10,11)12/h8-9H,4-7H2,1-3H3,(H,10,11,12). The summed E-state index contributed by atoms with van der Waals surface area (Å²) in [7, 11) is -3.77. The zero-order valence-electron chi connectivity index (χ0n) is 8.66. The van der Waals surface area contributed by atoms with Crippen LogP contribution in [0.3, 0.4) is 0 Å². The molecule has 0 saturated heterocycles. The third-order valence-corrected chi connectivity index (χ3v) is 3.30. The molecule has 0 bridgehead atoms. The maximum absolute atomic E-state index is 10.5. The van der Waals surface area contributed by atoms with Gasteiger partial charge in [-0.1, -0.05) is 33.6 Å². The van der Waals surface area contributed by atoms with Gasteiger partial charge < -0.3 is 0 Å². The first-order valence-corrected chi connectivity index (χ1v) is 6.43. The van der Waals surface area contributed by atoms with Crippen LogP contribution in [0.25, 0.3) is 0 Å². The lowest BCUT2D eigenvalue weighted by atomic mass is 9.90. The van der Waals surface area contributed by atoms with Gasteiger partial charge in [-0.05, 0) is 18.3 Å². The Kier molecular flexibility index (Phi) is 5.56. The fourth-order valence-corrected chi connectivity index (χ4v) is 2.03. The lowest BCUT2D eigenvalue weighted by Crippen LogP contribution is -2.13. The number of rotatable bonds is 6. The highest BCUT2D eigenvalue weighted by Gasteiger charge is 2.14. The van der Waals surface area contributed by atoms with Crippen LogP contribution in [-0.4, -0.2) is 18.7 Å². The quantitative estimate of drug-likeness (QED) is 0.682. The van der Waals surface area contributed by atoms with Crippen LogP contribution in [0.2, 0.25) is 0 Å². The van der Waals surface area contributed by atoms with Crippen LogP contribution in [-0.2, 0) is 10.1 Å². The van der Waals surface area contributed by atoms with E-state index < -0.39 is 10.1 Å². The lowest BCUT2D eigenvalue weighted by Gasteiger charge is -2.18. The van der Waals surface area contributed by atoms with Crippen LogP contribution in [0.15, 0.2) is 0 Å². The van der Waals surface area contributed by atoms with Crippen molar-refractivity contribution in [1.82, 2.24) is 0 Å². The predicted octanol–water partition coefficient (Wildman–Crippen LogP) is 2.34. The fraction of sp³-hybridized carbons (Fsp3) is 1.00. The Labute approximate surface area is 81.3 Å². The zero-order chi connectivity index (χ0) is 10.5. The van der Waals surface area contributed by atoms with E-state index in [0.717, 1.165) is 12.8 Å². The topological polar surface area (TPSA) is 54.4 Å². The van der Waals surface area contributed by atoms with Gasteiger partial charge in [-0.15, -0.1) is 0 Å². The maximum atomic E-state index is 10.5. The van der Waals surface area contributed by atoms with E-state index in [4.69, 9.17) is 4.55 Å². The predicted molar refractivity (Wildman–Crippen MR) is 54.3 cm³/mol. The van der Waals surface area contributed by atoms with E-state index >= 15 is 0 Å². The second kappa shape index (κ2) is 5.60. The molecule has 0 rings (SSSR count). The molecule has 4 heteroatoms. The summed E-state index contributed by atoms with van der Waals surface area (Å²) in [5.74, 6) is 0.788. The molecule has 0 aliphatic carbocycles. The van der Waals surface area contributed by atoms with E-state index in [1.165, 1.54) is 0 Å². The van der Waals surface area contributed by atoms with Crippen molar-refractivity contribution in [2.75, 3.05) is 5.75 Å². The molecule has 0 aromatic heterocycles. The summed E-state index contributed by atoms with van der Waals surface area (Å²) in [6.07, 6.45) is 2.80. The molecule has 13 heavy (non-hydrogen) atoms. The second-order valence-electron chi connectivity index (χ2n) is 3.82. The Morgan fingerprint density at radius 3 is 2.00 bits per heavy atom. The van der Waals surface area contributed by atoms with Crippen molar-refractivity contribution in [3.05, 3.63) is 0 Å². The average Bonchev–Trinajstić information content (AvgIpc) is 1.99. The highest BCUT2D eigenvalue weighted by molar-refractivity contribution is 7.85. The van der Waals surface area contributed by atoms with Gasteiger partial charge in [-0.2, -0.15) is 8.42 Å². The molecule has 3 nitrogen and oxygen atoms in total. The molecule has 0 amide bonds. The summed E-state index contributed by atoms with van der Waals surface area (Å²) >= 11 is 0. The van der Waals surface area contributed by atoms with Gasteiger partial charge in [0.25, 0.3) is 10.1 Å². The fourth-order valence-electron chi connectivity index (χ4n) is 1.36. The van der Waals surface area contributed by atoms with Gasteiger partial charge in [0, 0.05) is 0 Å². The van der Waals surface area contributed by atoms with Gasteiger partial charge in [0.05, 0.1) is 5.75 Å². The summed E-state index contributed by atoms with van der Waals surface area (Å²) in [5, 5.41) is 0. The van der Waals surface area contributed by atoms with Gasteiger partial charge in [-0.3, -0.25) is 4.55 Å². The zero-order valence-corrected chi connectivity index (χ0v) is 9.47. The van der Waals surface area contributed by atoms with Crippen LogP contribution in [0, 0.1) is 11.8 Å². The Hall–Kier alpha value is -0.0900. The molecule has 0 radical (unpaired) electrons. The van der Waals surface area contributed by atoms with E-state index in [1.807, 2.05) is 6.92 Å². The summed E-state index contributed by atoms with van der Waals surface area (Å²) < 4.78 is 29.5. The smallest absolute Gasteiger partial charge is 0.264 e. The lowest BCUT2D eigenvalue weighted by molar-refractivity contribution is 0.349. The van der Waals surface area contributed by atoms with Crippen LogP contribution in [0.1, 0.15) is 40.0 Å². The second-order valence-corrected chi connectivity index (χ2v) is 5.39. The third kappa shape index (κ3) is 7.02. The monoisotopic (exact) mass is 208 g/mol. The van der Waals surface area contributed by atoms with Gasteiger partial charge in [0.2, 0.25) is 0 Å². The van der Waals surface area contributed by atoms with Crippen LogP contribution >= 0.6 is 0 Å². The van der Waals surface area contributed by atoms with E-state index in [9.17, 15) is 8.42 Å². The maximum Gasteiger partial charge on any atom is 0.264 e. The summed E-state index contributed by atoms with van der Waals surface area (Å²) in [6.45, 7) is 6.27. The SMILES string of the molecule is CCCC(C)C(C)CCS(=O)(=O)O. The Morgan fingerprint density at radius 2 is 1.62 bits per heavy atom. The minimum Gasteiger partial charge on any atom is -0.286 e. The first kappa shape index (κ1) is 12.9. The number of hydrogen-bond donors (Lipinski definition) is 1. The molecular weight excluding hydrogens is 188 g/mol. The molecule has 0 aliphatic heterocycles. The van der Waals surface area contributed by atoms with Crippen molar-refractivity contribution >= 4 is 10.1 Å². The average molecular weight is 208 g/mol. The molecule has 0 aromatic rings. The minimum absolute atomic E-state index is 0.109. The molecule has 0 fully saturated rings. The van der Waals surface area contributed by atoms with Crippen LogP contribution in [0.4, 0.5) is 0 Å². The van der Waals surface area contributed by atoms with Crippen molar-refractivity contribution in [2.45, 2.75) is 40.0 Å². The van der Waals surface area contributed by atoms with Crippen molar-refractivity contribution in [3.8, 4) is 0 Å². The molecule has 80 valence electrons. The van der Waals surface area contributed by atoms with Crippen molar-refractivity contribution < 1.29 is 13.0 Å². The first-order valence-electron chi connectivity index (χ1n) is 4.82. The molecule has 0 heterocycles. The Bertz CT molecular complexity index is 221. The van der Waals surface area contributed by atoms with E-state index in [1.54, 1.807) is 0 Å². The summed E-state index contributed by atoms with van der Waals surface area (Å²) in [6, 6.07) is 0. The molecule has 0 aliphatic rings. The summed E-state index contributed by atoms with van der Waals surface area (Å²) in [5.41, 5.74) is 0. The Balaban J connectivity index is 3.80. The largest absolute Gasteiger partial charge is 0.286 e. The van der Waals surface area contributed by atoms with Gasteiger partial charge >= 0.3 is 0 Å². The number of hydrogen-bond acceptors (Lipinski definition) is 2. The van der Waals surface area contributed by atoms with E-state index in [2.05, 4.69) is 13.8 Å². The van der Waals surface area contributed by atoms with Crippen molar-refractivity contribution in [1.29, 1.82) is 0 Å². The molecule has 2 unspecified atom stereocenters. The van der Waals surface area contributed by atoms with Crippen LogP contribution in [0.5, 0.6) is 0 Å². The molecule has 0 aromatic carbocycles. The molecule has 1 N–H and O–H groups in total. The Morgan fingerprint density at radius 1 is 1.15 bits per heavy atom.